The lowest BCUT2D eigenvalue weighted by atomic mass is 9.94. The summed E-state index contributed by atoms with van der Waals surface area (Å²) >= 11 is 0. The molecular formula is C12H15F13O3Si. The van der Waals surface area contributed by atoms with E-state index >= 15 is 0 Å². The van der Waals surface area contributed by atoms with Gasteiger partial charge in [0.25, 0.3) is 0 Å². The van der Waals surface area contributed by atoms with Gasteiger partial charge in [-0.25, -0.2) is 0 Å². The average Bonchev–Trinajstić information content (AvgIpc) is 2.57. The van der Waals surface area contributed by atoms with E-state index in [4.69, 9.17) is 0 Å². The van der Waals surface area contributed by atoms with Gasteiger partial charge in [0.15, 0.2) is 0 Å². The summed E-state index contributed by atoms with van der Waals surface area (Å²) in [6.07, 6.45) is -7.38. The Kier molecular flexibility index (Phi) is 8.14. The third-order valence-corrected chi connectivity index (χ3v) is 6.59. The van der Waals surface area contributed by atoms with Crippen molar-refractivity contribution in [3.05, 3.63) is 0 Å². The van der Waals surface area contributed by atoms with Crippen LogP contribution in [0.25, 0.3) is 0 Å². The summed E-state index contributed by atoms with van der Waals surface area (Å²) < 4.78 is 182. The predicted octanol–water partition coefficient (Wildman–Crippen LogP) is 5.38. The fourth-order valence-corrected chi connectivity index (χ4v) is 3.85. The second kappa shape index (κ2) is 8.37. The predicted molar refractivity (Wildman–Crippen MR) is 71.6 cm³/mol. The molecule has 0 spiro atoms. The quantitative estimate of drug-likeness (QED) is 0.292. The summed E-state index contributed by atoms with van der Waals surface area (Å²) in [4.78, 5) is 0. The van der Waals surface area contributed by atoms with Crippen LogP contribution in [0.3, 0.4) is 0 Å². The standard InChI is InChI=1S/C12H15F13O3Si/c1-4-5-29(26-2,27-3)28-6-7(13,14)8(15,16)9(17,18)10(19,20)11(21,22)12(23,24)25/h4-6H2,1-3H3. The molecule has 0 amide bonds. The molecule has 3 nitrogen and oxygen atoms in total. The molecule has 0 rings (SSSR count). The molecule has 176 valence electrons. The van der Waals surface area contributed by atoms with E-state index in [9.17, 15) is 57.1 Å². The lowest BCUT2D eigenvalue weighted by Crippen LogP contribution is -2.70. The van der Waals surface area contributed by atoms with Crippen LogP contribution >= 0.6 is 0 Å². The third kappa shape index (κ3) is 4.61. The first-order valence-electron chi connectivity index (χ1n) is 7.34. The highest BCUT2D eigenvalue weighted by Gasteiger charge is 2.90. The SMILES string of the molecule is CCC[Si](OC)(OC)OCC(F)(F)C(F)(F)C(F)(F)C(F)(F)C(F)(F)C(F)(F)F. The summed E-state index contributed by atoms with van der Waals surface area (Å²) in [5, 5.41) is 0. The Bertz CT molecular complexity index is 546. The van der Waals surface area contributed by atoms with E-state index in [1.807, 2.05) is 0 Å². The van der Waals surface area contributed by atoms with E-state index in [0.717, 1.165) is 14.2 Å². The molecule has 0 aromatic carbocycles. The molecular weight excluding hydrogens is 467 g/mol. The highest BCUT2D eigenvalue weighted by Crippen LogP contribution is 2.60. The van der Waals surface area contributed by atoms with Crippen LogP contribution in [0.1, 0.15) is 13.3 Å². The van der Waals surface area contributed by atoms with Gasteiger partial charge in [-0.3, -0.25) is 0 Å². The Balaban J connectivity index is 6.05. The van der Waals surface area contributed by atoms with Crippen LogP contribution in [0.15, 0.2) is 0 Å². The fraction of sp³-hybridized carbons (Fsp3) is 1.00. The van der Waals surface area contributed by atoms with Crippen molar-refractivity contribution in [2.24, 2.45) is 0 Å². The zero-order chi connectivity index (χ0) is 23.7. The summed E-state index contributed by atoms with van der Waals surface area (Å²) in [6, 6.07) is -0.333. The molecule has 0 aromatic rings. The van der Waals surface area contributed by atoms with Crippen molar-refractivity contribution in [2.45, 2.75) is 55.2 Å². The van der Waals surface area contributed by atoms with Gasteiger partial charge in [0.1, 0.15) is 6.61 Å². The summed E-state index contributed by atoms with van der Waals surface area (Å²) in [5.41, 5.74) is 0. The number of rotatable bonds is 11. The van der Waals surface area contributed by atoms with Crippen molar-refractivity contribution in [1.82, 2.24) is 0 Å². The van der Waals surface area contributed by atoms with E-state index in [1.54, 1.807) is 0 Å². The first kappa shape index (κ1) is 28.2. The lowest BCUT2D eigenvalue weighted by Gasteiger charge is -2.40. The normalized spacial score (nSPS) is 15.7. The highest BCUT2D eigenvalue weighted by molar-refractivity contribution is 6.60. The van der Waals surface area contributed by atoms with Crippen molar-refractivity contribution >= 4 is 8.80 Å². The Morgan fingerprint density at radius 3 is 1.31 bits per heavy atom. The molecule has 0 heterocycles. The topological polar surface area (TPSA) is 27.7 Å². The molecule has 0 aromatic heterocycles. The molecule has 0 radical (unpaired) electrons. The summed E-state index contributed by atoms with van der Waals surface area (Å²) in [6.45, 7) is -1.39. The van der Waals surface area contributed by atoms with Crippen LogP contribution in [-0.2, 0) is 13.3 Å². The van der Waals surface area contributed by atoms with Crippen LogP contribution in [0.2, 0.25) is 6.04 Å². The Morgan fingerprint density at radius 1 is 0.621 bits per heavy atom. The minimum Gasteiger partial charge on any atom is -0.377 e. The van der Waals surface area contributed by atoms with Crippen LogP contribution in [0, 0.1) is 0 Å². The van der Waals surface area contributed by atoms with E-state index < -0.39 is 51.2 Å². The number of halogens is 13. The number of hydrogen-bond donors (Lipinski definition) is 0. The van der Waals surface area contributed by atoms with Crippen molar-refractivity contribution in [1.29, 1.82) is 0 Å². The minimum absolute atomic E-state index is 0.0713. The Morgan fingerprint density at radius 2 is 1.00 bits per heavy atom. The third-order valence-electron chi connectivity index (χ3n) is 3.65. The summed E-state index contributed by atoms with van der Waals surface area (Å²) in [7, 11) is -2.58. The first-order valence-corrected chi connectivity index (χ1v) is 9.27. The fourth-order valence-electron chi connectivity index (χ4n) is 1.88. The van der Waals surface area contributed by atoms with E-state index in [2.05, 4.69) is 13.3 Å². The van der Waals surface area contributed by atoms with Crippen LogP contribution < -0.4 is 0 Å². The smallest absolute Gasteiger partial charge is 0.377 e. The summed E-state index contributed by atoms with van der Waals surface area (Å²) in [5.74, 6) is -37.3. The molecule has 0 bridgehead atoms. The molecule has 29 heavy (non-hydrogen) atoms. The van der Waals surface area contributed by atoms with Crippen LogP contribution in [-0.4, -0.2) is 65.4 Å². The van der Waals surface area contributed by atoms with Gasteiger partial charge >= 0.3 is 44.6 Å². The van der Waals surface area contributed by atoms with E-state index in [0.29, 0.717) is 0 Å². The van der Waals surface area contributed by atoms with Crippen molar-refractivity contribution in [3.63, 3.8) is 0 Å². The minimum atomic E-state index is -7.94. The molecule has 0 fully saturated rings. The van der Waals surface area contributed by atoms with Gasteiger partial charge in [-0.1, -0.05) is 13.3 Å². The van der Waals surface area contributed by atoms with Gasteiger partial charge in [0.05, 0.1) is 0 Å². The number of alkyl halides is 13. The van der Waals surface area contributed by atoms with Crippen LogP contribution in [0.4, 0.5) is 57.1 Å². The first-order chi connectivity index (χ1) is 12.6. The molecule has 0 unspecified atom stereocenters. The van der Waals surface area contributed by atoms with Gasteiger partial charge in [0.2, 0.25) is 0 Å². The molecule has 0 aliphatic heterocycles. The maximum Gasteiger partial charge on any atom is 0.500 e. The largest absolute Gasteiger partial charge is 0.500 e. The zero-order valence-corrected chi connectivity index (χ0v) is 15.8. The van der Waals surface area contributed by atoms with Crippen LogP contribution in [0.5, 0.6) is 0 Å². The molecule has 0 saturated carbocycles. The van der Waals surface area contributed by atoms with E-state index in [-0.39, 0.29) is 12.5 Å². The second-order valence-electron chi connectivity index (χ2n) is 5.63. The van der Waals surface area contributed by atoms with Gasteiger partial charge in [-0.05, 0) is 0 Å². The maximum atomic E-state index is 13.7. The molecule has 0 aliphatic carbocycles. The zero-order valence-electron chi connectivity index (χ0n) is 14.8. The molecule has 17 heteroatoms. The van der Waals surface area contributed by atoms with Crippen molar-refractivity contribution < 1.29 is 70.4 Å². The highest BCUT2D eigenvalue weighted by atomic mass is 28.4. The Labute approximate surface area is 156 Å². The van der Waals surface area contributed by atoms with Gasteiger partial charge in [0, 0.05) is 20.3 Å². The van der Waals surface area contributed by atoms with Gasteiger partial charge < -0.3 is 13.3 Å². The maximum absolute atomic E-state index is 13.7. The monoisotopic (exact) mass is 482 g/mol. The molecule has 0 saturated heterocycles. The van der Waals surface area contributed by atoms with Crippen molar-refractivity contribution in [2.75, 3.05) is 20.8 Å². The number of hydrogen-bond acceptors (Lipinski definition) is 3. The lowest BCUT2D eigenvalue weighted by molar-refractivity contribution is -0.441. The van der Waals surface area contributed by atoms with Gasteiger partial charge in [-0.2, -0.15) is 57.1 Å². The molecule has 0 atom stereocenters. The van der Waals surface area contributed by atoms with E-state index in [1.165, 1.54) is 6.92 Å². The van der Waals surface area contributed by atoms with Gasteiger partial charge in [-0.15, -0.1) is 0 Å². The Hall–Kier alpha value is -0.813. The average molecular weight is 482 g/mol. The molecule has 0 aliphatic rings. The second-order valence-corrected chi connectivity index (χ2v) is 8.60. The van der Waals surface area contributed by atoms with Crippen molar-refractivity contribution in [3.8, 4) is 0 Å². The molecule has 0 N–H and O–H groups in total.